The highest BCUT2D eigenvalue weighted by Gasteiger charge is 2.24. The van der Waals surface area contributed by atoms with Gasteiger partial charge in [0.2, 0.25) is 0 Å². The summed E-state index contributed by atoms with van der Waals surface area (Å²) in [4.78, 5) is 31.9. The lowest BCUT2D eigenvalue weighted by Crippen LogP contribution is -2.38. The maximum absolute atomic E-state index is 13.0. The molecule has 6 heteroatoms. The summed E-state index contributed by atoms with van der Waals surface area (Å²) >= 11 is 0. The highest BCUT2D eigenvalue weighted by atomic mass is 16.6. The molecule has 0 aliphatic carbocycles. The van der Waals surface area contributed by atoms with Crippen LogP contribution in [-0.4, -0.2) is 59.6 Å². The number of aromatic amines is 1. The number of nitrogens with zero attached hydrogens (tertiary/aromatic N) is 2. The van der Waals surface area contributed by atoms with Crippen molar-refractivity contribution < 1.29 is 14.3 Å². The molecule has 0 spiro atoms. The minimum Gasteiger partial charge on any atom is -0.449 e. The summed E-state index contributed by atoms with van der Waals surface area (Å²) in [5, 5.41) is 1.09. The molecule has 0 unspecified atom stereocenters. The third-order valence-corrected chi connectivity index (χ3v) is 5.16. The van der Waals surface area contributed by atoms with Crippen LogP contribution in [-0.2, 0) is 4.74 Å². The highest BCUT2D eigenvalue weighted by molar-refractivity contribution is 5.99. The molecule has 0 saturated carbocycles. The molecular weight excluding hydrogens is 342 g/mol. The number of hydrogen-bond donors (Lipinski definition) is 1. The van der Waals surface area contributed by atoms with Gasteiger partial charge in [-0.1, -0.05) is 19.9 Å². The van der Waals surface area contributed by atoms with Crippen LogP contribution in [0.5, 0.6) is 0 Å². The SMILES string of the molecule is Cc1ccc2[nH]c(C(=O)N3CCCN(C(=O)OCC(C)C)CC3)cc2c1C. The van der Waals surface area contributed by atoms with Crippen LogP contribution < -0.4 is 0 Å². The Morgan fingerprint density at radius 2 is 1.81 bits per heavy atom. The lowest BCUT2D eigenvalue weighted by atomic mass is 10.1. The van der Waals surface area contributed by atoms with E-state index >= 15 is 0 Å². The van der Waals surface area contributed by atoms with Crippen molar-refractivity contribution in [1.29, 1.82) is 0 Å². The second-order valence-electron chi connectivity index (χ2n) is 7.76. The second kappa shape index (κ2) is 8.03. The van der Waals surface area contributed by atoms with E-state index in [-0.39, 0.29) is 12.0 Å². The third kappa shape index (κ3) is 4.26. The van der Waals surface area contributed by atoms with E-state index in [1.807, 2.05) is 30.9 Å². The van der Waals surface area contributed by atoms with E-state index in [0.717, 1.165) is 17.3 Å². The van der Waals surface area contributed by atoms with Crippen LogP contribution >= 0.6 is 0 Å². The van der Waals surface area contributed by atoms with Gasteiger partial charge in [0.15, 0.2) is 0 Å². The van der Waals surface area contributed by atoms with E-state index in [9.17, 15) is 9.59 Å². The molecule has 1 aromatic heterocycles. The van der Waals surface area contributed by atoms with Gasteiger partial charge in [-0.05, 0) is 49.4 Å². The zero-order chi connectivity index (χ0) is 19.6. The van der Waals surface area contributed by atoms with E-state index in [4.69, 9.17) is 4.74 Å². The average molecular weight is 371 g/mol. The number of amides is 2. The zero-order valence-corrected chi connectivity index (χ0v) is 16.7. The maximum atomic E-state index is 13.0. The lowest BCUT2D eigenvalue weighted by Gasteiger charge is -2.22. The number of nitrogens with one attached hydrogen (secondary N) is 1. The summed E-state index contributed by atoms with van der Waals surface area (Å²) in [6.07, 6.45) is 0.468. The Bertz CT molecular complexity index is 841. The number of H-pyrrole nitrogens is 1. The number of carbonyl (C=O) groups excluding carboxylic acids is 2. The number of aromatic nitrogens is 1. The first-order valence-electron chi connectivity index (χ1n) is 9.66. The molecule has 3 rings (SSSR count). The summed E-state index contributed by atoms with van der Waals surface area (Å²) in [5.41, 5.74) is 3.99. The topological polar surface area (TPSA) is 65.6 Å². The van der Waals surface area contributed by atoms with E-state index in [2.05, 4.69) is 24.9 Å². The Hall–Kier alpha value is -2.50. The van der Waals surface area contributed by atoms with Crippen molar-refractivity contribution in [2.45, 2.75) is 34.1 Å². The molecule has 0 bridgehead atoms. The first-order chi connectivity index (χ1) is 12.9. The molecule has 27 heavy (non-hydrogen) atoms. The van der Waals surface area contributed by atoms with E-state index in [1.54, 1.807) is 4.90 Å². The van der Waals surface area contributed by atoms with Crippen molar-refractivity contribution in [3.05, 3.63) is 35.0 Å². The molecule has 1 aliphatic heterocycles. The Balaban J connectivity index is 1.68. The van der Waals surface area contributed by atoms with Crippen LogP contribution in [0.25, 0.3) is 10.9 Å². The molecule has 0 radical (unpaired) electrons. The fourth-order valence-corrected chi connectivity index (χ4v) is 3.38. The summed E-state index contributed by atoms with van der Waals surface area (Å²) in [6.45, 7) is 10.9. The fourth-order valence-electron chi connectivity index (χ4n) is 3.38. The lowest BCUT2D eigenvalue weighted by molar-refractivity contribution is 0.0742. The largest absolute Gasteiger partial charge is 0.449 e. The van der Waals surface area contributed by atoms with E-state index < -0.39 is 0 Å². The minimum atomic E-state index is -0.283. The number of carbonyl (C=O) groups is 2. The van der Waals surface area contributed by atoms with Crippen molar-refractivity contribution in [3.8, 4) is 0 Å². The Kier molecular flexibility index (Phi) is 5.73. The molecule has 1 aliphatic rings. The smallest absolute Gasteiger partial charge is 0.409 e. The molecule has 1 N–H and O–H groups in total. The van der Waals surface area contributed by atoms with Crippen molar-refractivity contribution in [1.82, 2.24) is 14.8 Å². The number of benzene rings is 1. The molecule has 2 amide bonds. The number of hydrogen-bond acceptors (Lipinski definition) is 3. The molecule has 0 atom stereocenters. The summed E-state index contributed by atoms with van der Waals surface area (Å²) in [5.74, 6) is 0.300. The number of rotatable bonds is 3. The van der Waals surface area contributed by atoms with E-state index in [1.165, 1.54) is 11.1 Å². The van der Waals surface area contributed by atoms with Crippen LogP contribution in [0.2, 0.25) is 0 Å². The van der Waals surface area contributed by atoms with Gasteiger partial charge in [-0.3, -0.25) is 4.79 Å². The highest BCUT2D eigenvalue weighted by Crippen LogP contribution is 2.23. The molecule has 1 saturated heterocycles. The fraction of sp³-hybridized carbons (Fsp3) is 0.524. The summed E-state index contributed by atoms with van der Waals surface area (Å²) in [6, 6.07) is 6.03. The van der Waals surface area contributed by atoms with Crippen molar-refractivity contribution in [2.24, 2.45) is 5.92 Å². The monoisotopic (exact) mass is 371 g/mol. The molecule has 6 nitrogen and oxygen atoms in total. The number of aryl methyl sites for hydroxylation is 2. The van der Waals surface area contributed by atoms with Crippen LogP contribution in [0.3, 0.4) is 0 Å². The second-order valence-corrected chi connectivity index (χ2v) is 7.76. The molecule has 146 valence electrons. The van der Waals surface area contributed by atoms with Crippen LogP contribution in [0.1, 0.15) is 41.9 Å². The predicted molar refractivity (Wildman–Crippen MR) is 106 cm³/mol. The first kappa shape index (κ1) is 19.3. The van der Waals surface area contributed by atoms with Crippen LogP contribution in [0, 0.1) is 19.8 Å². The molecule has 2 aromatic rings. The first-order valence-corrected chi connectivity index (χ1v) is 9.66. The third-order valence-electron chi connectivity index (χ3n) is 5.16. The quantitative estimate of drug-likeness (QED) is 0.894. The Labute approximate surface area is 160 Å². The molecule has 1 fully saturated rings. The number of fused-ring (bicyclic) bond motifs is 1. The van der Waals surface area contributed by atoms with Gasteiger partial charge in [-0.15, -0.1) is 0 Å². The summed E-state index contributed by atoms with van der Waals surface area (Å²) < 4.78 is 5.32. The normalized spacial score (nSPS) is 15.3. The maximum Gasteiger partial charge on any atom is 0.409 e. The van der Waals surface area contributed by atoms with Gasteiger partial charge >= 0.3 is 6.09 Å². The Morgan fingerprint density at radius 1 is 1.11 bits per heavy atom. The predicted octanol–water partition coefficient (Wildman–Crippen LogP) is 3.73. The van der Waals surface area contributed by atoms with Crippen LogP contribution in [0.4, 0.5) is 4.79 Å². The molecule has 1 aromatic carbocycles. The zero-order valence-electron chi connectivity index (χ0n) is 16.7. The Morgan fingerprint density at radius 3 is 2.56 bits per heavy atom. The standard InChI is InChI=1S/C21H29N3O3/c1-14(2)13-27-21(26)24-9-5-8-23(10-11-24)20(25)19-12-17-16(4)15(3)6-7-18(17)22-19/h6-7,12,14,22H,5,8-11,13H2,1-4H3. The van der Waals surface area contributed by atoms with Crippen molar-refractivity contribution in [3.63, 3.8) is 0 Å². The van der Waals surface area contributed by atoms with Gasteiger partial charge in [0.05, 0.1) is 6.61 Å². The summed E-state index contributed by atoms with van der Waals surface area (Å²) in [7, 11) is 0. The van der Waals surface area contributed by atoms with Gasteiger partial charge in [-0.2, -0.15) is 0 Å². The van der Waals surface area contributed by atoms with Gasteiger partial charge in [0.1, 0.15) is 5.69 Å². The van der Waals surface area contributed by atoms with Gasteiger partial charge in [0, 0.05) is 37.1 Å². The molecule has 2 heterocycles. The van der Waals surface area contributed by atoms with Gasteiger partial charge < -0.3 is 19.5 Å². The van der Waals surface area contributed by atoms with Crippen molar-refractivity contribution >= 4 is 22.9 Å². The van der Waals surface area contributed by atoms with Crippen LogP contribution in [0.15, 0.2) is 18.2 Å². The van der Waals surface area contributed by atoms with E-state index in [0.29, 0.717) is 44.4 Å². The van der Waals surface area contributed by atoms with Crippen molar-refractivity contribution in [2.75, 3.05) is 32.8 Å². The average Bonchev–Trinajstić information content (AvgIpc) is 2.92. The van der Waals surface area contributed by atoms with Gasteiger partial charge in [-0.25, -0.2) is 4.79 Å². The minimum absolute atomic E-state index is 0.0133. The number of ether oxygens (including phenoxy) is 1. The molecular formula is C21H29N3O3. The van der Waals surface area contributed by atoms with Gasteiger partial charge in [0.25, 0.3) is 5.91 Å².